The number of thiophene rings is 1. The van der Waals surface area contributed by atoms with Crippen molar-refractivity contribution in [3.63, 3.8) is 0 Å². The summed E-state index contributed by atoms with van der Waals surface area (Å²) in [6.45, 7) is 4.38. The Labute approximate surface area is 266 Å². The van der Waals surface area contributed by atoms with E-state index >= 15 is 0 Å². The highest BCUT2D eigenvalue weighted by atomic mass is 32.1. The normalized spacial score (nSPS) is 12.2. The van der Waals surface area contributed by atoms with Gasteiger partial charge in [0.15, 0.2) is 0 Å². The van der Waals surface area contributed by atoms with Crippen LogP contribution in [0.5, 0.6) is 0 Å². The lowest BCUT2D eigenvalue weighted by Crippen LogP contribution is -1.93. The molecule has 2 heteroatoms. The van der Waals surface area contributed by atoms with Crippen LogP contribution in [0.3, 0.4) is 0 Å². The van der Waals surface area contributed by atoms with E-state index in [1.54, 1.807) is 0 Å². The second-order valence-corrected chi connectivity index (χ2v) is 13.0. The van der Waals surface area contributed by atoms with Gasteiger partial charge in [-0.3, -0.25) is 0 Å². The van der Waals surface area contributed by atoms with Crippen LogP contribution in [0, 0.1) is 0 Å². The van der Waals surface area contributed by atoms with Gasteiger partial charge in [-0.25, -0.2) is 0 Å². The Bertz CT molecular complexity index is 2590. The molecule has 0 spiro atoms. The van der Waals surface area contributed by atoms with Crippen molar-refractivity contribution in [2.24, 2.45) is 0 Å². The molecular formula is C43H31NS. The van der Waals surface area contributed by atoms with Gasteiger partial charge in [-0.1, -0.05) is 110 Å². The summed E-state index contributed by atoms with van der Waals surface area (Å²) in [7, 11) is 0. The van der Waals surface area contributed by atoms with Gasteiger partial charge in [-0.2, -0.15) is 0 Å². The molecule has 0 saturated carbocycles. The lowest BCUT2D eigenvalue weighted by Gasteiger charge is -2.13. The number of aryl methyl sites for hydroxylation is 1. The molecule has 9 aromatic rings. The number of hydrogen-bond acceptors (Lipinski definition) is 1. The quantitative estimate of drug-likeness (QED) is 0.179. The van der Waals surface area contributed by atoms with Crippen molar-refractivity contribution in [1.82, 2.24) is 4.57 Å². The molecular weight excluding hydrogens is 563 g/mol. The zero-order valence-corrected chi connectivity index (χ0v) is 26.2. The average molecular weight is 594 g/mol. The van der Waals surface area contributed by atoms with Crippen LogP contribution in [-0.2, 0) is 6.42 Å². The molecule has 1 nitrogen and oxygen atoms in total. The Morgan fingerprint density at radius 3 is 1.82 bits per heavy atom. The number of rotatable bonds is 4. The Morgan fingerprint density at radius 2 is 1.16 bits per heavy atom. The van der Waals surface area contributed by atoms with Gasteiger partial charge >= 0.3 is 0 Å². The molecule has 45 heavy (non-hydrogen) atoms. The van der Waals surface area contributed by atoms with Gasteiger partial charge in [-0.15, -0.1) is 11.3 Å². The summed E-state index contributed by atoms with van der Waals surface area (Å²) < 4.78 is 3.80. The van der Waals surface area contributed by atoms with Crippen LogP contribution >= 0.6 is 11.3 Å². The molecule has 0 unspecified atom stereocenters. The van der Waals surface area contributed by atoms with Crippen LogP contribution in [0.25, 0.3) is 87.1 Å². The minimum absolute atomic E-state index is 1.04. The van der Waals surface area contributed by atoms with Crippen molar-refractivity contribution in [2.45, 2.75) is 20.3 Å². The largest absolute Gasteiger partial charge is 0.309 e. The van der Waals surface area contributed by atoms with Gasteiger partial charge in [0.2, 0.25) is 0 Å². The molecule has 9 rings (SSSR count). The fourth-order valence-corrected chi connectivity index (χ4v) is 8.63. The molecule has 2 heterocycles. The number of hydrogen-bond donors (Lipinski definition) is 0. The minimum atomic E-state index is 1.04. The smallest absolute Gasteiger partial charge is 0.0548 e. The van der Waals surface area contributed by atoms with E-state index in [-0.39, 0.29) is 0 Å². The number of para-hydroxylation sites is 1. The maximum atomic E-state index is 2.44. The molecule has 0 aliphatic rings. The zero-order chi connectivity index (χ0) is 30.1. The van der Waals surface area contributed by atoms with Crippen LogP contribution in [0.1, 0.15) is 24.3 Å². The predicted octanol–water partition coefficient (Wildman–Crippen LogP) is 12.7. The lowest BCUT2D eigenvalue weighted by atomic mass is 9.92. The number of benzene rings is 7. The van der Waals surface area contributed by atoms with E-state index in [2.05, 4.69) is 158 Å². The molecule has 0 bridgehead atoms. The van der Waals surface area contributed by atoms with E-state index < -0.39 is 0 Å². The van der Waals surface area contributed by atoms with Crippen LogP contribution in [0.15, 0.2) is 133 Å². The summed E-state index contributed by atoms with van der Waals surface area (Å²) in [5, 5.41) is 11.9. The third-order valence-corrected chi connectivity index (χ3v) is 10.8. The monoisotopic (exact) mass is 593 g/mol. The van der Waals surface area contributed by atoms with Gasteiger partial charge in [0.05, 0.1) is 11.0 Å². The molecule has 0 aliphatic heterocycles. The fraction of sp³-hybridized carbons (Fsp3) is 0.0698. The number of aromatic nitrogens is 1. The van der Waals surface area contributed by atoms with Crippen molar-refractivity contribution < 1.29 is 0 Å². The van der Waals surface area contributed by atoms with E-state index in [1.165, 1.54) is 91.5 Å². The van der Waals surface area contributed by atoms with Crippen LogP contribution in [0.4, 0.5) is 0 Å². The second-order valence-electron chi connectivity index (χ2n) is 11.9. The van der Waals surface area contributed by atoms with E-state index in [4.69, 9.17) is 0 Å². The van der Waals surface area contributed by atoms with E-state index in [1.807, 2.05) is 11.3 Å². The molecule has 0 fully saturated rings. The van der Waals surface area contributed by atoms with Crippen molar-refractivity contribution in [1.29, 1.82) is 0 Å². The molecule has 0 aliphatic carbocycles. The Hall–Kier alpha value is -5.18. The highest BCUT2D eigenvalue weighted by Gasteiger charge is 2.19. The summed E-state index contributed by atoms with van der Waals surface area (Å²) >= 11 is 1.93. The van der Waals surface area contributed by atoms with E-state index in [0.29, 0.717) is 0 Å². The van der Waals surface area contributed by atoms with Crippen LogP contribution < -0.4 is 0 Å². The number of nitrogens with zero attached hydrogens (tertiary/aromatic N) is 1. The highest BCUT2D eigenvalue weighted by Crippen LogP contribution is 2.43. The molecule has 0 amide bonds. The first-order valence-electron chi connectivity index (χ1n) is 15.8. The van der Waals surface area contributed by atoms with Gasteiger partial charge < -0.3 is 4.57 Å². The molecule has 0 radical (unpaired) electrons. The molecule has 214 valence electrons. The summed E-state index contributed by atoms with van der Waals surface area (Å²) in [6.07, 6.45) is 5.52. The molecule has 0 N–H and O–H groups in total. The Kier molecular flexibility index (Phi) is 5.94. The third-order valence-electron chi connectivity index (χ3n) is 9.46. The summed E-state index contributed by atoms with van der Waals surface area (Å²) in [5.41, 5.74) is 7.52. The van der Waals surface area contributed by atoms with Gasteiger partial charge in [0.1, 0.15) is 0 Å². The summed E-state index contributed by atoms with van der Waals surface area (Å²) in [5.74, 6) is 0. The van der Waals surface area contributed by atoms with E-state index in [9.17, 15) is 0 Å². The average Bonchev–Trinajstić information content (AvgIpc) is 3.63. The number of fused-ring (bicyclic) bond motifs is 11. The predicted molar refractivity (Wildman–Crippen MR) is 198 cm³/mol. The third kappa shape index (κ3) is 3.86. The maximum Gasteiger partial charge on any atom is 0.0548 e. The molecule has 0 saturated heterocycles. The second kappa shape index (κ2) is 10.2. The molecule has 0 atom stereocenters. The Morgan fingerprint density at radius 1 is 0.556 bits per heavy atom. The Balaban J connectivity index is 1.23. The van der Waals surface area contributed by atoms with Crippen LogP contribution in [0.2, 0.25) is 0 Å². The van der Waals surface area contributed by atoms with E-state index in [0.717, 1.165) is 6.42 Å². The lowest BCUT2D eigenvalue weighted by molar-refractivity contribution is 1.18. The topological polar surface area (TPSA) is 4.93 Å². The van der Waals surface area contributed by atoms with Crippen molar-refractivity contribution >= 4 is 81.6 Å². The van der Waals surface area contributed by atoms with Crippen molar-refractivity contribution in [3.8, 4) is 16.8 Å². The number of allylic oxidation sites excluding steroid dienone is 1. The minimum Gasteiger partial charge on any atom is -0.309 e. The first-order valence-corrected chi connectivity index (χ1v) is 16.6. The van der Waals surface area contributed by atoms with Gasteiger partial charge in [-0.05, 0) is 98.8 Å². The van der Waals surface area contributed by atoms with Gasteiger partial charge in [0, 0.05) is 31.4 Å². The first kappa shape index (κ1) is 26.2. The fourth-order valence-electron chi connectivity index (χ4n) is 7.49. The first-order chi connectivity index (χ1) is 22.2. The van der Waals surface area contributed by atoms with Gasteiger partial charge in [0.25, 0.3) is 0 Å². The van der Waals surface area contributed by atoms with Crippen molar-refractivity contribution in [3.05, 3.63) is 144 Å². The standard InChI is InChI=1S/C43H31NS/c1-3-11-36-40(4-2)45-41-25-24-39-42(43(36)41)35-16-9-10-17-38(35)44(39)29-21-18-27(19-22-29)28-20-23-34-32-14-6-5-12-30(32)31-13-7-8-15-33(31)37(34)26-28/h3,5-26H,4H2,1-2H3/b11-3-. The van der Waals surface area contributed by atoms with Crippen molar-refractivity contribution in [2.75, 3.05) is 0 Å². The summed E-state index contributed by atoms with van der Waals surface area (Å²) in [6, 6.07) is 47.2. The molecule has 2 aromatic heterocycles. The highest BCUT2D eigenvalue weighted by molar-refractivity contribution is 7.19. The SMILES string of the molecule is C/C=C\c1c(CC)sc2ccc3c(c4ccccc4n3-c3ccc(-c4ccc5c6ccccc6c6ccccc6c5c4)cc3)c12. The zero-order valence-electron chi connectivity index (χ0n) is 25.3. The van der Waals surface area contributed by atoms with Crippen LogP contribution in [-0.4, -0.2) is 4.57 Å². The summed E-state index contributed by atoms with van der Waals surface area (Å²) in [4.78, 5) is 1.45. The maximum absolute atomic E-state index is 2.44. The molecule has 7 aromatic carbocycles.